The maximum atomic E-state index is 15.7. The van der Waals surface area contributed by atoms with Gasteiger partial charge >= 0.3 is 12.1 Å². The summed E-state index contributed by atoms with van der Waals surface area (Å²) in [5, 5.41) is 40.1. The third-order valence-electron chi connectivity index (χ3n) is 23.7. The zero-order valence-corrected chi connectivity index (χ0v) is 76.3. The Bertz CT molecular complexity index is 4050. The molecule has 3 aromatic rings. The van der Waals surface area contributed by atoms with Gasteiger partial charge in [-0.1, -0.05) is 70.2 Å². The van der Waals surface area contributed by atoms with Crippen molar-refractivity contribution < 1.29 is 124 Å². The number of aromatic nitrogens is 1. The summed E-state index contributed by atoms with van der Waals surface area (Å²) in [5.74, 6) is -7.94. The highest BCUT2D eigenvalue weighted by Gasteiger charge is 2.53. The van der Waals surface area contributed by atoms with Gasteiger partial charge in [0.15, 0.2) is 16.5 Å². The average Bonchev–Trinajstić information content (AvgIpc) is 0.828. The first-order chi connectivity index (χ1) is 61.1. The van der Waals surface area contributed by atoms with Crippen molar-refractivity contribution in [1.29, 1.82) is 0 Å². The molecule has 34 heteroatoms. The van der Waals surface area contributed by atoms with Crippen molar-refractivity contribution in [2.24, 2.45) is 35.3 Å². The van der Waals surface area contributed by atoms with Gasteiger partial charge in [-0.15, -0.1) is 0 Å². The van der Waals surface area contributed by atoms with E-state index < -0.39 is 119 Å². The van der Waals surface area contributed by atoms with E-state index in [9.17, 15) is 53.4 Å². The lowest BCUT2D eigenvalue weighted by Gasteiger charge is -2.42. The van der Waals surface area contributed by atoms with Crippen LogP contribution in [0.1, 0.15) is 153 Å². The van der Waals surface area contributed by atoms with Crippen molar-refractivity contribution in [3.05, 3.63) is 119 Å². The number of nitrogen functional groups attached to an aromatic ring is 1. The van der Waals surface area contributed by atoms with Crippen molar-refractivity contribution in [3.63, 3.8) is 0 Å². The van der Waals surface area contributed by atoms with Crippen molar-refractivity contribution in [1.82, 2.24) is 25.4 Å². The standard InChI is InChI=1S/C93H138FN7O25S/c1-61-15-11-10-12-16-63(3)79(113-8)58-72-23-19-66(6)93(111,126-72)88(106)90(108)101-33-14-13-17-75(101)91(109)124-77(25-18-62(2)54-65(5)86(104)87(105)85(103)64(4)53-61)74(95)55-68-20-26-78(80(56-68)114-9)125-92(110)98-31-36-116-39-41-118-43-45-120-47-49-122-51-50-121-48-46-119-44-42-117-40-38-115-35-30-83(102)97-32-52-127(112)81-28-24-73(67(7)84(81)94)89(107)100-34-37-123-76-27-21-69(57-71(76)60-100)70-22-29-82(96)99-59-70/h10-12,15-16,21-22,24,27-29,54,57,59,61-62,64,66,68,72,74-75,77-80,86-87,104-105,111H,13-14,17-20,23,25-26,30-53,55-56,58,60,95H2,1-9H3,(H2,96,99)(H,97,102)(H,98,110)/b12-10+,15-11+,63-16+,65-54+/t61-,62+,64-,66-,68+,72+,74-,75+,77+,78-,79+,80-,86-,87+,93-,127?/m1/s1. The summed E-state index contributed by atoms with van der Waals surface area (Å²) in [6, 6.07) is 10.2. The number of benzene rings is 2. The quantitative estimate of drug-likeness (QED) is 0.00927. The van der Waals surface area contributed by atoms with Gasteiger partial charge in [0, 0.05) is 93.0 Å². The van der Waals surface area contributed by atoms with Crippen LogP contribution in [0.4, 0.5) is 15.0 Å². The van der Waals surface area contributed by atoms with E-state index in [-0.39, 0.29) is 143 Å². The van der Waals surface area contributed by atoms with Gasteiger partial charge in [0.2, 0.25) is 11.7 Å². The number of nitrogens with two attached hydrogens (primary N) is 2. The zero-order chi connectivity index (χ0) is 91.8. The molecule has 16 atom stereocenters. The summed E-state index contributed by atoms with van der Waals surface area (Å²) >= 11 is -1.79. The molecule has 2 saturated heterocycles. The molecule has 0 radical (unpaired) electrons. The summed E-state index contributed by atoms with van der Waals surface area (Å²) in [5.41, 5.74) is 16.9. The zero-order valence-electron chi connectivity index (χ0n) is 75.4. The van der Waals surface area contributed by atoms with Crippen LogP contribution in [0, 0.1) is 42.3 Å². The minimum atomic E-state index is -2.47. The molecule has 32 nitrogen and oxygen atoms in total. The van der Waals surface area contributed by atoms with E-state index >= 15 is 4.39 Å². The molecule has 0 spiro atoms. The summed E-state index contributed by atoms with van der Waals surface area (Å²) in [4.78, 5) is 103. The van der Waals surface area contributed by atoms with Gasteiger partial charge in [-0.05, 0) is 180 Å². The number of methoxy groups -OCH3 is 2. The number of amides is 4. The Labute approximate surface area is 749 Å². The molecule has 3 fully saturated rings. The van der Waals surface area contributed by atoms with E-state index in [2.05, 4.69) is 15.6 Å². The molecule has 2 bridgehead atoms. The number of pyridine rings is 1. The third-order valence-corrected chi connectivity index (χ3v) is 25.1. The molecule has 1 saturated carbocycles. The van der Waals surface area contributed by atoms with Crippen molar-refractivity contribution in [2.45, 2.75) is 210 Å². The van der Waals surface area contributed by atoms with Gasteiger partial charge in [0.1, 0.15) is 54.4 Å². The van der Waals surface area contributed by atoms with Gasteiger partial charge in [-0.25, -0.2) is 19.0 Å². The second-order valence-electron chi connectivity index (χ2n) is 33.4. The highest BCUT2D eigenvalue weighted by molar-refractivity contribution is 7.91. The molecule has 2 aromatic carbocycles. The third kappa shape index (κ3) is 33.9. The number of esters is 1. The number of carbonyl (C=O) groups excluding carboxylic acids is 7. The molecule has 1 unspecified atom stereocenters. The molecule has 9 N–H and O–H groups in total. The number of alkyl carbamates (subject to hydrolysis) is 1. The summed E-state index contributed by atoms with van der Waals surface area (Å²) in [6.45, 7) is 18.6. The number of ether oxygens (including phenoxy) is 14. The predicted molar refractivity (Wildman–Crippen MR) is 472 cm³/mol. The van der Waals surface area contributed by atoms with Crippen LogP contribution in [0.15, 0.2) is 101 Å². The number of hydrogen-bond acceptors (Lipinski definition) is 28. The lowest BCUT2D eigenvalue weighted by atomic mass is 9.80. The maximum Gasteiger partial charge on any atom is 0.407 e. The molecular formula is C93H138FN7O25S. The second kappa shape index (κ2) is 55.5. The number of halogens is 1. The summed E-state index contributed by atoms with van der Waals surface area (Å²) in [6.07, 6.45) is 11.6. The fourth-order valence-corrected chi connectivity index (χ4v) is 17.3. The fourth-order valence-electron chi connectivity index (χ4n) is 16.2. The first-order valence-electron chi connectivity index (χ1n) is 44.7. The first kappa shape index (κ1) is 105. The minimum Gasteiger partial charge on any atom is -0.611 e. The van der Waals surface area contributed by atoms with E-state index in [4.69, 9.17) is 77.8 Å². The fraction of sp³-hybridized carbons (Fsp3) is 0.656. The average molecular weight is 1810 g/mol. The Balaban J connectivity index is 0.632. The molecule has 4 amide bonds. The number of piperidine rings is 1. The van der Waals surface area contributed by atoms with Crippen LogP contribution >= 0.6 is 0 Å². The molecule has 1 aromatic heterocycles. The van der Waals surface area contributed by atoms with Crippen LogP contribution in [0.25, 0.3) is 11.1 Å². The van der Waals surface area contributed by atoms with Crippen molar-refractivity contribution in [3.8, 4) is 16.9 Å². The molecular weight excluding hydrogens is 1670 g/mol. The molecule has 8 rings (SSSR count). The number of ketones is 2. The smallest absolute Gasteiger partial charge is 0.407 e. The first-order valence-corrected chi connectivity index (χ1v) is 46.1. The van der Waals surface area contributed by atoms with Gasteiger partial charge in [-0.2, -0.15) is 0 Å². The molecule has 1 aliphatic carbocycles. The number of aliphatic hydroxyl groups is 3. The van der Waals surface area contributed by atoms with E-state index in [0.29, 0.717) is 161 Å². The van der Waals surface area contributed by atoms with Crippen molar-refractivity contribution in [2.75, 3.05) is 164 Å². The number of aliphatic hydroxyl groups excluding tert-OH is 2. The van der Waals surface area contributed by atoms with Gasteiger partial charge < -0.3 is 118 Å². The Morgan fingerprint density at radius 3 is 1.99 bits per heavy atom. The highest BCUT2D eigenvalue weighted by atomic mass is 32.2. The van der Waals surface area contributed by atoms with E-state index in [1.165, 1.54) is 24.0 Å². The molecule has 127 heavy (non-hydrogen) atoms. The number of hydrogen-bond donors (Lipinski definition) is 7. The van der Waals surface area contributed by atoms with Crippen molar-refractivity contribution >= 4 is 58.3 Å². The number of cyclic esters (lactones) is 1. The minimum absolute atomic E-state index is 0.0297. The van der Waals surface area contributed by atoms with Gasteiger partial charge in [0.25, 0.3) is 17.6 Å². The molecule has 4 aliphatic heterocycles. The van der Waals surface area contributed by atoms with Crippen LogP contribution in [0.5, 0.6) is 5.75 Å². The molecule has 5 heterocycles. The van der Waals surface area contributed by atoms with Crippen LogP contribution in [-0.4, -0.2) is 295 Å². The number of nitrogens with zero attached hydrogens (tertiary/aromatic N) is 3. The van der Waals surface area contributed by atoms with Crippen LogP contribution in [-0.2, 0) is 103 Å². The Hall–Kier alpha value is -7.72. The topological polar surface area (TPSA) is 428 Å². The van der Waals surface area contributed by atoms with Gasteiger partial charge in [-0.3, -0.25) is 24.0 Å². The number of carbonyl (C=O) groups is 7. The van der Waals surface area contributed by atoms with Crippen LogP contribution < -0.4 is 26.8 Å². The van der Waals surface area contributed by atoms with Crippen LogP contribution in [0.2, 0.25) is 0 Å². The van der Waals surface area contributed by atoms with Gasteiger partial charge in [0.05, 0.1) is 137 Å². The Morgan fingerprint density at radius 2 is 1.35 bits per heavy atom. The number of anilines is 1. The number of fused-ring (bicyclic) bond motifs is 4. The van der Waals surface area contributed by atoms with Crippen LogP contribution in [0.3, 0.4) is 0 Å². The van der Waals surface area contributed by atoms with E-state index in [0.717, 1.165) is 22.3 Å². The number of Topliss-reactive ketones (excluding diaryl/α,β-unsaturated/α-hetero) is 2. The normalized spacial score (nSPS) is 27.1. The Morgan fingerprint density at radius 1 is 0.693 bits per heavy atom. The summed E-state index contributed by atoms with van der Waals surface area (Å²) < 4.78 is 110. The van der Waals surface area contributed by atoms with E-state index in [1.807, 2.05) is 75.4 Å². The highest BCUT2D eigenvalue weighted by Crippen LogP contribution is 2.39. The monoisotopic (exact) mass is 1800 g/mol. The lowest BCUT2D eigenvalue weighted by Crippen LogP contribution is -2.61. The summed E-state index contributed by atoms with van der Waals surface area (Å²) in [7, 11) is 3.11. The lowest BCUT2D eigenvalue weighted by molar-refractivity contribution is -0.265. The maximum absolute atomic E-state index is 15.7. The second-order valence-corrected chi connectivity index (χ2v) is 35.0. The molecule has 708 valence electrons. The van der Waals surface area contributed by atoms with E-state index in [1.54, 1.807) is 58.2 Å². The predicted octanol–water partition coefficient (Wildman–Crippen LogP) is 8.35. The SMILES string of the molecule is CO[C@H]1C[C@@H]2CC[C@@H](C)[C@@](O)(O2)C(=O)C(=O)N2CCCC[C@H]2C(=O)O[C@H]([C@H](N)C[C@@H]2CC[C@@H](OC(=O)NCCOCCOCCOCCOCCOCCOCCOCCOCCC(=O)NCC[S+]([O-])c3ccc(C(=O)N4CCOc5ccc(-c6ccc(N)nc6)cc5C4)c(C)c3F)[C@H](OC)C2)CC[C@H](C)/C=C(\C)[C@@H](O)[C@@H](O)C(=O)[C@H](C)C[C@H](C)/C=C/C=C/C=C/1C. The molecule has 5 aliphatic rings. The number of allylic oxidation sites excluding steroid dienone is 6. The Kier molecular flexibility index (Phi) is 45.7. The number of nitrogens with one attached hydrogen (secondary N) is 2. The largest absolute Gasteiger partial charge is 0.611 e. The number of rotatable bonds is 39.